The molecule has 6 heteroatoms. The number of nitrogens with one attached hydrogen (secondary N) is 2. The molecule has 0 saturated heterocycles. The lowest BCUT2D eigenvalue weighted by atomic mass is 9.91. The van der Waals surface area contributed by atoms with Gasteiger partial charge in [-0.2, -0.15) is 0 Å². The summed E-state index contributed by atoms with van der Waals surface area (Å²) in [4.78, 5) is 0.302. The summed E-state index contributed by atoms with van der Waals surface area (Å²) in [6.07, 6.45) is 3.83. The molecule has 5 nitrogen and oxygen atoms in total. The molecule has 1 aliphatic rings. The number of anilines is 1. The zero-order valence-corrected chi connectivity index (χ0v) is 15.1. The minimum atomic E-state index is -3.52. The monoisotopic (exact) mass is 360 g/mol. The van der Waals surface area contributed by atoms with Crippen LogP contribution in [0.25, 0.3) is 0 Å². The average Bonchev–Trinajstić information content (AvgIpc) is 2.64. The van der Waals surface area contributed by atoms with Crippen molar-refractivity contribution in [2.24, 2.45) is 0 Å². The van der Waals surface area contributed by atoms with Crippen molar-refractivity contribution in [1.82, 2.24) is 4.72 Å². The van der Waals surface area contributed by atoms with Crippen molar-refractivity contribution in [3.05, 3.63) is 54.6 Å². The van der Waals surface area contributed by atoms with E-state index in [2.05, 4.69) is 10.0 Å². The van der Waals surface area contributed by atoms with Crippen LogP contribution in [0.15, 0.2) is 59.5 Å². The maximum Gasteiger partial charge on any atom is 0.240 e. The van der Waals surface area contributed by atoms with Gasteiger partial charge in [-0.1, -0.05) is 43.2 Å². The topological polar surface area (TPSA) is 67.4 Å². The first-order valence-corrected chi connectivity index (χ1v) is 10.1. The smallest absolute Gasteiger partial charge is 0.240 e. The number of hydrogen-bond donors (Lipinski definition) is 2. The van der Waals surface area contributed by atoms with Gasteiger partial charge in [-0.25, -0.2) is 13.1 Å². The van der Waals surface area contributed by atoms with Crippen LogP contribution in [0.3, 0.4) is 0 Å². The van der Waals surface area contributed by atoms with Gasteiger partial charge in [0.05, 0.1) is 17.7 Å². The summed E-state index contributed by atoms with van der Waals surface area (Å²) in [6.45, 7) is 0. The van der Waals surface area contributed by atoms with Gasteiger partial charge < -0.3 is 10.1 Å². The van der Waals surface area contributed by atoms with Crippen LogP contribution in [0, 0.1) is 0 Å². The highest BCUT2D eigenvalue weighted by Crippen LogP contribution is 2.29. The maximum absolute atomic E-state index is 12.7. The molecule has 1 fully saturated rings. The highest BCUT2D eigenvalue weighted by Gasteiger charge is 2.29. The number of para-hydroxylation sites is 2. The van der Waals surface area contributed by atoms with Crippen LogP contribution in [0.2, 0.25) is 0 Å². The van der Waals surface area contributed by atoms with Crippen LogP contribution in [0.5, 0.6) is 5.75 Å². The third-order valence-corrected chi connectivity index (χ3v) is 6.08. The van der Waals surface area contributed by atoms with E-state index in [4.69, 9.17) is 4.74 Å². The molecule has 2 N–H and O–H groups in total. The van der Waals surface area contributed by atoms with Gasteiger partial charge in [-0.15, -0.1) is 0 Å². The standard InChI is InChI=1S/C19H24N2O3S/c1-24-19-14-8-7-13-18(19)20-16-11-5-6-12-17(16)21-25(22,23)15-9-3-2-4-10-15/h2-4,7-10,13-14,16-17,20-21H,5-6,11-12H2,1H3/t16-,17+/m0/s1. The van der Waals surface area contributed by atoms with E-state index >= 15 is 0 Å². The van der Waals surface area contributed by atoms with Crippen molar-refractivity contribution in [2.45, 2.75) is 42.7 Å². The van der Waals surface area contributed by atoms with Crippen molar-refractivity contribution in [3.63, 3.8) is 0 Å². The second-order valence-electron chi connectivity index (χ2n) is 6.28. The SMILES string of the molecule is COc1ccccc1N[C@H]1CCCC[C@H]1NS(=O)(=O)c1ccccc1. The van der Waals surface area contributed by atoms with Gasteiger partial charge in [0.2, 0.25) is 10.0 Å². The molecule has 0 spiro atoms. The molecule has 0 amide bonds. The van der Waals surface area contributed by atoms with E-state index < -0.39 is 10.0 Å². The fourth-order valence-corrected chi connectivity index (χ4v) is 4.61. The molecule has 0 bridgehead atoms. The second-order valence-corrected chi connectivity index (χ2v) is 7.99. The molecule has 0 aliphatic heterocycles. The molecule has 0 aromatic heterocycles. The lowest BCUT2D eigenvalue weighted by Crippen LogP contribution is -2.48. The Morgan fingerprint density at radius 3 is 2.28 bits per heavy atom. The van der Waals surface area contributed by atoms with Gasteiger partial charge in [0.15, 0.2) is 0 Å². The lowest BCUT2D eigenvalue weighted by Gasteiger charge is -2.33. The van der Waals surface area contributed by atoms with Gasteiger partial charge in [-0.3, -0.25) is 0 Å². The maximum atomic E-state index is 12.7. The molecule has 2 atom stereocenters. The predicted octanol–water partition coefficient (Wildman–Crippen LogP) is 3.40. The molecule has 0 unspecified atom stereocenters. The lowest BCUT2D eigenvalue weighted by molar-refractivity contribution is 0.375. The first-order chi connectivity index (χ1) is 12.1. The van der Waals surface area contributed by atoms with Crippen molar-refractivity contribution in [2.75, 3.05) is 12.4 Å². The second kappa shape index (κ2) is 7.89. The van der Waals surface area contributed by atoms with Crippen molar-refractivity contribution in [3.8, 4) is 5.75 Å². The minimum Gasteiger partial charge on any atom is -0.495 e. The molecule has 1 saturated carbocycles. The molecular weight excluding hydrogens is 336 g/mol. The van der Waals surface area contributed by atoms with Crippen LogP contribution in [0.4, 0.5) is 5.69 Å². The largest absolute Gasteiger partial charge is 0.495 e. The average molecular weight is 360 g/mol. The van der Waals surface area contributed by atoms with Gasteiger partial charge in [0.25, 0.3) is 0 Å². The van der Waals surface area contributed by atoms with E-state index in [1.807, 2.05) is 30.3 Å². The molecular formula is C19H24N2O3S. The number of methoxy groups -OCH3 is 1. The Labute approximate surface area is 149 Å². The Morgan fingerprint density at radius 2 is 1.56 bits per heavy atom. The van der Waals surface area contributed by atoms with E-state index in [0.717, 1.165) is 37.1 Å². The molecule has 2 aromatic rings. The fraction of sp³-hybridized carbons (Fsp3) is 0.368. The summed E-state index contributed by atoms with van der Waals surface area (Å²) in [7, 11) is -1.89. The van der Waals surface area contributed by atoms with E-state index in [1.54, 1.807) is 31.4 Å². The summed E-state index contributed by atoms with van der Waals surface area (Å²) in [5, 5.41) is 3.47. The summed E-state index contributed by atoms with van der Waals surface area (Å²) in [6, 6.07) is 16.1. The number of ether oxygens (including phenoxy) is 1. The predicted molar refractivity (Wildman–Crippen MR) is 99.4 cm³/mol. The number of sulfonamides is 1. The van der Waals surface area contributed by atoms with E-state index in [1.165, 1.54) is 0 Å². The highest BCUT2D eigenvalue weighted by molar-refractivity contribution is 7.89. The Balaban J connectivity index is 1.77. The van der Waals surface area contributed by atoms with Crippen LogP contribution in [0.1, 0.15) is 25.7 Å². The fourth-order valence-electron chi connectivity index (χ4n) is 3.28. The van der Waals surface area contributed by atoms with Gasteiger partial charge in [0, 0.05) is 12.1 Å². The molecule has 1 aliphatic carbocycles. The van der Waals surface area contributed by atoms with Crippen molar-refractivity contribution < 1.29 is 13.2 Å². The molecule has 2 aromatic carbocycles. The van der Waals surface area contributed by atoms with Gasteiger partial charge in [0.1, 0.15) is 5.75 Å². The van der Waals surface area contributed by atoms with E-state index in [-0.39, 0.29) is 12.1 Å². The van der Waals surface area contributed by atoms with Gasteiger partial charge in [-0.05, 0) is 37.1 Å². The zero-order valence-electron chi connectivity index (χ0n) is 14.3. The third kappa shape index (κ3) is 4.32. The molecule has 134 valence electrons. The third-order valence-electron chi connectivity index (χ3n) is 4.57. The number of benzene rings is 2. The quantitative estimate of drug-likeness (QED) is 0.828. The molecule has 3 rings (SSSR count). The van der Waals surface area contributed by atoms with Crippen molar-refractivity contribution >= 4 is 15.7 Å². The van der Waals surface area contributed by atoms with E-state index in [9.17, 15) is 8.42 Å². The highest BCUT2D eigenvalue weighted by atomic mass is 32.2. The van der Waals surface area contributed by atoms with Gasteiger partial charge >= 0.3 is 0 Å². The number of hydrogen-bond acceptors (Lipinski definition) is 4. The molecule has 0 heterocycles. The summed E-state index contributed by atoms with van der Waals surface area (Å²) in [5.74, 6) is 0.762. The van der Waals surface area contributed by atoms with Crippen LogP contribution >= 0.6 is 0 Å². The van der Waals surface area contributed by atoms with Crippen molar-refractivity contribution in [1.29, 1.82) is 0 Å². The normalized spacial score (nSPS) is 20.8. The van der Waals surface area contributed by atoms with E-state index in [0.29, 0.717) is 4.90 Å². The summed E-state index contributed by atoms with van der Waals surface area (Å²) in [5.41, 5.74) is 0.890. The number of rotatable bonds is 6. The van der Waals surface area contributed by atoms with Crippen LogP contribution in [-0.2, 0) is 10.0 Å². The minimum absolute atomic E-state index is 0.0311. The van der Waals surface area contributed by atoms with Crippen LogP contribution in [-0.4, -0.2) is 27.6 Å². The molecule has 25 heavy (non-hydrogen) atoms. The Morgan fingerprint density at radius 1 is 0.920 bits per heavy atom. The summed E-state index contributed by atoms with van der Waals surface area (Å²) < 4.78 is 33.6. The Hall–Kier alpha value is -2.05. The first-order valence-electron chi connectivity index (χ1n) is 8.57. The zero-order chi connectivity index (χ0) is 17.7. The Bertz CT molecular complexity index is 793. The molecule has 0 radical (unpaired) electrons. The Kier molecular flexibility index (Phi) is 5.60. The van der Waals surface area contributed by atoms with Crippen LogP contribution < -0.4 is 14.8 Å². The first kappa shape index (κ1) is 17.8. The summed E-state index contributed by atoms with van der Waals surface area (Å²) >= 11 is 0.